The van der Waals surface area contributed by atoms with Crippen molar-refractivity contribution in [2.75, 3.05) is 20.1 Å². The van der Waals surface area contributed by atoms with Crippen LogP contribution >= 0.6 is 0 Å². The third kappa shape index (κ3) is 1.95. The summed E-state index contributed by atoms with van der Waals surface area (Å²) in [5.74, 6) is 0. The van der Waals surface area contributed by atoms with Gasteiger partial charge in [-0.25, -0.2) is 0 Å². The minimum atomic E-state index is 0.392. The molecule has 54 valence electrons. The van der Waals surface area contributed by atoms with Crippen molar-refractivity contribution in [3.05, 3.63) is 0 Å². The second-order valence-electron chi connectivity index (χ2n) is 3.03. The molecule has 2 heteroatoms. The normalized spacial score (nSPS) is 22.7. The molecule has 0 amide bonds. The molecule has 0 bridgehead atoms. The van der Waals surface area contributed by atoms with Gasteiger partial charge in [-0.1, -0.05) is 0 Å². The molecule has 1 saturated heterocycles. The van der Waals surface area contributed by atoms with Gasteiger partial charge in [0.15, 0.2) is 0 Å². The molecule has 1 rings (SSSR count). The first-order valence-corrected chi connectivity index (χ1v) is 3.52. The number of nitrogens with zero attached hydrogens (tertiary/aromatic N) is 1. The molecule has 9 heavy (non-hydrogen) atoms. The third-order valence-corrected chi connectivity index (χ3v) is 1.50. The highest BCUT2D eigenvalue weighted by Gasteiger charge is 2.24. The Bertz CT molecular complexity index is 86.9. The molecular formula is C7H15NO. The predicted molar refractivity (Wildman–Crippen MR) is 37.5 cm³/mol. The van der Waals surface area contributed by atoms with E-state index >= 15 is 0 Å². The minimum Gasteiger partial charge on any atom is -0.373 e. The van der Waals surface area contributed by atoms with Crippen LogP contribution in [0.15, 0.2) is 0 Å². The Morgan fingerprint density at radius 3 is 2.33 bits per heavy atom. The Morgan fingerprint density at radius 2 is 2.00 bits per heavy atom. The maximum atomic E-state index is 5.51. The van der Waals surface area contributed by atoms with Gasteiger partial charge >= 0.3 is 0 Å². The van der Waals surface area contributed by atoms with E-state index in [9.17, 15) is 0 Å². The van der Waals surface area contributed by atoms with Crippen molar-refractivity contribution in [1.82, 2.24) is 4.90 Å². The van der Waals surface area contributed by atoms with Crippen LogP contribution < -0.4 is 0 Å². The summed E-state index contributed by atoms with van der Waals surface area (Å²) in [7, 11) is 2.11. The fourth-order valence-corrected chi connectivity index (χ4v) is 1.11. The van der Waals surface area contributed by atoms with Gasteiger partial charge < -0.3 is 9.64 Å². The molecule has 0 aliphatic carbocycles. The zero-order chi connectivity index (χ0) is 6.85. The lowest BCUT2D eigenvalue weighted by molar-refractivity contribution is -0.0712. The SMILES string of the molecule is CC(C)OC1CN(C)C1. The highest BCUT2D eigenvalue weighted by Crippen LogP contribution is 2.09. The highest BCUT2D eigenvalue weighted by molar-refractivity contribution is 4.77. The second-order valence-corrected chi connectivity index (χ2v) is 3.03. The van der Waals surface area contributed by atoms with Gasteiger partial charge in [-0.05, 0) is 20.9 Å². The van der Waals surface area contributed by atoms with E-state index in [0.29, 0.717) is 12.2 Å². The molecule has 1 fully saturated rings. The molecule has 0 radical (unpaired) electrons. The fourth-order valence-electron chi connectivity index (χ4n) is 1.11. The number of ether oxygens (including phenoxy) is 1. The summed E-state index contributed by atoms with van der Waals surface area (Å²) >= 11 is 0. The maximum absolute atomic E-state index is 5.51. The van der Waals surface area contributed by atoms with E-state index in [1.54, 1.807) is 0 Å². The van der Waals surface area contributed by atoms with Crippen LogP contribution in [0.2, 0.25) is 0 Å². The highest BCUT2D eigenvalue weighted by atomic mass is 16.5. The quantitative estimate of drug-likeness (QED) is 0.545. The van der Waals surface area contributed by atoms with Gasteiger partial charge in [-0.15, -0.1) is 0 Å². The van der Waals surface area contributed by atoms with E-state index in [4.69, 9.17) is 4.74 Å². The molecule has 1 aliphatic heterocycles. The Balaban J connectivity index is 2.04. The molecule has 1 aliphatic rings. The Morgan fingerprint density at radius 1 is 1.44 bits per heavy atom. The average molecular weight is 129 g/mol. The molecule has 0 atom stereocenters. The first-order valence-electron chi connectivity index (χ1n) is 3.52. The summed E-state index contributed by atoms with van der Waals surface area (Å²) in [5, 5.41) is 0. The molecule has 2 nitrogen and oxygen atoms in total. The summed E-state index contributed by atoms with van der Waals surface area (Å²) in [4.78, 5) is 2.26. The Hall–Kier alpha value is -0.0800. The first kappa shape index (κ1) is 7.03. The van der Waals surface area contributed by atoms with Crippen LogP contribution in [-0.4, -0.2) is 37.2 Å². The number of likely N-dealkylation sites (N-methyl/N-ethyl adjacent to an activating group) is 1. The largest absolute Gasteiger partial charge is 0.373 e. The van der Waals surface area contributed by atoms with Gasteiger partial charge in [-0.3, -0.25) is 0 Å². The number of hydrogen-bond donors (Lipinski definition) is 0. The zero-order valence-corrected chi connectivity index (χ0v) is 6.42. The average Bonchev–Trinajstić information content (AvgIpc) is 1.60. The lowest BCUT2D eigenvalue weighted by Crippen LogP contribution is -2.50. The molecule has 0 spiro atoms. The Labute approximate surface area is 56.8 Å². The summed E-state index contributed by atoms with van der Waals surface area (Å²) in [6, 6.07) is 0. The summed E-state index contributed by atoms with van der Waals surface area (Å²) < 4.78 is 5.51. The number of likely N-dealkylation sites (tertiary alicyclic amines) is 1. The second kappa shape index (κ2) is 2.67. The van der Waals surface area contributed by atoms with E-state index in [0.717, 1.165) is 13.1 Å². The monoisotopic (exact) mass is 129 g/mol. The standard InChI is InChI=1S/C7H15NO/c1-6(2)9-7-4-8(3)5-7/h6-7H,4-5H2,1-3H3. The zero-order valence-electron chi connectivity index (χ0n) is 6.42. The Kier molecular flexibility index (Phi) is 2.09. The van der Waals surface area contributed by atoms with E-state index < -0.39 is 0 Å². The lowest BCUT2D eigenvalue weighted by Gasteiger charge is -2.36. The molecular weight excluding hydrogens is 114 g/mol. The smallest absolute Gasteiger partial charge is 0.0831 e. The van der Waals surface area contributed by atoms with Crippen LogP contribution in [0.1, 0.15) is 13.8 Å². The van der Waals surface area contributed by atoms with Crippen molar-refractivity contribution in [2.45, 2.75) is 26.1 Å². The van der Waals surface area contributed by atoms with E-state index in [-0.39, 0.29) is 0 Å². The molecule has 1 heterocycles. The van der Waals surface area contributed by atoms with E-state index in [1.807, 2.05) is 0 Å². The van der Waals surface area contributed by atoms with Gasteiger partial charge in [0.25, 0.3) is 0 Å². The van der Waals surface area contributed by atoms with Crippen molar-refractivity contribution < 1.29 is 4.74 Å². The van der Waals surface area contributed by atoms with Gasteiger partial charge in [0.05, 0.1) is 12.2 Å². The molecule has 0 aromatic carbocycles. The van der Waals surface area contributed by atoms with Crippen molar-refractivity contribution in [3.8, 4) is 0 Å². The first-order chi connectivity index (χ1) is 4.18. The van der Waals surface area contributed by atoms with Crippen LogP contribution in [0.3, 0.4) is 0 Å². The number of hydrogen-bond acceptors (Lipinski definition) is 2. The van der Waals surface area contributed by atoms with Gasteiger partial charge in [0.2, 0.25) is 0 Å². The van der Waals surface area contributed by atoms with Crippen LogP contribution in [-0.2, 0) is 4.74 Å². The molecule has 0 unspecified atom stereocenters. The van der Waals surface area contributed by atoms with Gasteiger partial charge in [0, 0.05) is 13.1 Å². The van der Waals surface area contributed by atoms with Crippen molar-refractivity contribution >= 4 is 0 Å². The van der Waals surface area contributed by atoms with Crippen LogP contribution in [0.4, 0.5) is 0 Å². The van der Waals surface area contributed by atoms with E-state index in [1.165, 1.54) is 0 Å². The molecule has 0 aromatic rings. The summed E-state index contributed by atoms with van der Waals surface area (Å²) in [6.07, 6.45) is 0.902. The van der Waals surface area contributed by atoms with Crippen molar-refractivity contribution in [1.29, 1.82) is 0 Å². The maximum Gasteiger partial charge on any atom is 0.0831 e. The van der Waals surface area contributed by atoms with Crippen LogP contribution in [0, 0.1) is 0 Å². The third-order valence-electron chi connectivity index (χ3n) is 1.50. The van der Waals surface area contributed by atoms with Crippen LogP contribution in [0.25, 0.3) is 0 Å². The van der Waals surface area contributed by atoms with Crippen molar-refractivity contribution in [3.63, 3.8) is 0 Å². The summed E-state index contributed by atoms with van der Waals surface area (Å²) in [6.45, 7) is 6.38. The molecule has 0 saturated carbocycles. The fraction of sp³-hybridized carbons (Fsp3) is 1.00. The van der Waals surface area contributed by atoms with E-state index in [2.05, 4.69) is 25.8 Å². The topological polar surface area (TPSA) is 12.5 Å². The molecule has 0 N–H and O–H groups in total. The molecule has 0 aromatic heterocycles. The van der Waals surface area contributed by atoms with Crippen molar-refractivity contribution in [2.24, 2.45) is 0 Å². The van der Waals surface area contributed by atoms with Gasteiger partial charge in [0.1, 0.15) is 0 Å². The number of rotatable bonds is 2. The summed E-state index contributed by atoms with van der Waals surface area (Å²) in [5.41, 5.74) is 0. The van der Waals surface area contributed by atoms with Gasteiger partial charge in [-0.2, -0.15) is 0 Å². The minimum absolute atomic E-state index is 0.392. The predicted octanol–water partition coefficient (Wildman–Crippen LogP) is 0.725. The lowest BCUT2D eigenvalue weighted by atomic mass is 10.2. The van der Waals surface area contributed by atoms with Crippen LogP contribution in [0.5, 0.6) is 0 Å².